The molecule has 1 saturated heterocycles. The van der Waals surface area contributed by atoms with Gasteiger partial charge in [0.25, 0.3) is 0 Å². The Morgan fingerprint density at radius 2 is 2.17 bits per heavy atom. The number of nitrogens with one attached hydrogen (secondary N) is 1. The van der Waals surface area contributed by atoms with Gasteiger partial charge in [-0.3, -0.25) is 4.99 Å². The third kappa shape index (κ3) is 3.16. The van der Waals surface area contributed by atoms with Crippen molar-refractivity contribution < 1.29 is 4.74 Å². The maximum Gasteiger partial charge on any atom is 0.194 e. The van der Waals surface area contributed by atoms with Gasteiger partial charge < -0.3 is 15.0 Å². The Hall–Kier alpha value is -0.770. The number of likely N-dealkylation sites (tertiary alicyclic amines) is 1. The summed E-state index contributed by atoms with van der Waals surface area (Å²) in [5.41, 5.74) is 0.635. The van der Waals surface area contributed by atoms with E-state index in [4.69, 9.17) is 4.74 Å². The van der Waals surface area contributed by atoms with Crippen molar-refractivity contribution in [2.75, 3.05) is 39.4 Å². The van der Waals surface area contributed by atoms with Crippen molar-refractivity contribution in [2.45, 2.75) is 39.5 Å². The zero-order valence-corrected chi connectivity index (χ0v) is 11.9. The van der Waals surface area contributed by atoms with Gasteiger partial charge in [-0.2, -0.15) is 0 Å². The first-order valence-electron chi connectivity index (χ1n) is 7.41. The minimum absolute atomic E-state index is 0.635. The van der Waals surface area contributed by atoms with Gasteiger partial charge in [-0.05, 0) is 38.5 Å². The van der Waals surface area contributed by atoms with E-state index in [9.17, 15) is 0 Å². The number of rotatable bonds is 5. The van der Waals surface area contributed by atoms with Gasteiger partial charge in [-0.15, -0.1) is 0 Å². The molecule has 0 unspecified atom stereocenters. The van der Waals surface area contributed by atoms with E-state index in [1.807, 2.05) is 6.92 Å². The first-order chi connectivity index (χ1) is 8.79. The molecular formula is C14H27N3O. The van der Waals surface area contributed by atoms with Crippen LogP contribution in [0.1, 0.15) is 39.5 Å². The Kier molecular flexibility index (Phi) is 4.87. The summed E-state index contributed by atoms with van der Waals surface area (Å²) in [7, 11) is 0. The molecule has 1 saturated carbocycles. The van der Waals surface area contributed by atoms with Crippen molar-refractivity contribution in [3.63, 3.8) is 0 Å². The topological polar surface area (TPSA) is 36.9 Å². The number of hydrogen-bond acceptors (Lipinski definition) is 2. The minimum atomic E-state index is 0.635. The number of aliphatic imine (C=N–C) groups is 1. The second kappa shape index (κ2) is 6.41. The second-order valence-electron chi connectivity index (χ2n) is 5.46. The smallest absolute Gasteiger partial charge is 0.194 e. The number of ether oxygens (including phenoxy) is 1. The molecule has 0 amide bonds. The van der Waals surface area contributed by atoms with E-state index in [0.717, 1.165) is 32.3 Å². The molecule has 2 aliphatic rings. The van der Waals surface area contributed by atoms with Crippen molar-refractivity contribution >= 4 is 5.96 Å². The maximum atomic E-state index is 5.34. The van der Waals surface area contributed by atoms with Crippen LogP contribution >= 0.6 is 0 Å². The lowest BCUT2D eigenvalue weighted by atomic mass is 9.68. The van der Waals surface area contributed by atoms with E-state index in [0.29, 0.717) is 5.41 Å². The summed E-state index contributed by atoms with van der Waals surface area (Å²) in [6.07, 6.45) is 5.61. The van der Waals surface area contributed by atoms with Crippen LogP contribution in [0.2, 0.25) is 0 Å². The first kappa shape index (κ1) is 13.7. The van der Waals surface area contributed by atoms with Gasteiger partial charge in [0.05, 0.1) is 13.2 Å². The van der Waals surface area contributed by atoms with Crippen LogP contribution in [0.5, 0.6) is 0 Å². The van der Waals surface area contributed by atoms with E-state index < -0.39 is 0 Å². The highest BCUT2D eigenvalue weighted by molar-refractivity contribution is 5.80. The quantitative estimate of drug-likeness (QED) is 0.462. The fourth-order valence-electron chi connectivity index (χ4n) is 2.99. The van der Waals surface area contributed by atoms with Gasteiger partial charge >= 0.3 is 0 Å². The predicted octanol–water partition coefficient (Wildman–Crippen LogP) is 1.86. The van der Waals surface area contributed by atoms with Crippen LogP contribution in [-0.2, 0) is 4.74 Å². The second-order valence-corrected chi connectivity index (χ2v) is 5.46. The monoisotopic (exact) mass is 253 g/mol. The largest absolute Gasteiger partial charge is 0.380 e. The summed E-state index contributed by atoms with van der Waals surface area (Å²) >= 11 is 0. The molecule has 0 aromatic rings. The Morgan fingerprint density at radius 3 is 2.72 bits per heavy atom. The van der Waals surface area contributed by atoms with E-state index in [1.165, 1.54) is 38.8 Å². The summed E-state index contributed by atoms with van der Waals surface area (Å²) in [5, 5.41) is 3.41. The van der Waals surface area contributed by atoms with E-state index in [2.05, 4.69) is 22.1 Å². The molecule has 2 rings (SSSR count). The molecule has 0 atom stereocenters. The zero-order chi connectivity index (χ0) is 12.8. The Labute approximate surface area is 111 Å². The Morgan fingerprint density at radius 1 is 1.33 bits per heavy atom. The van der Waals surface area contributed by atoms with Crippen LogP contribution in [0, 0.1) is 5.41 Å². The highest BCUT2D eigenvalue weighted by Gasteiger charge is 2.43. The molecule has 104 valence electrons. The van der Waals surface area contributed by atoms with Crippen LogP contribution in [0.3, 0.4) is 0 Å². The van der Waals surface area contributed by atoms with Gasteiger partial charge in [0.2, 0.25) is 0 Å². The van der Waals surface area contributed by atoms with Crippen LogP contribution in [0.15, 0.2) is 4.99 Å². The molecule has 1 aliphatic heterocycles. The lowest BCUT2D eigenvalue weighted by molar-refractivity contribution is 0.150. The Bertz CT molecular complexity index is 287. The normalized spacial score (nSPS) is 22.3. The molecule has 0 aromatic carbocycles. The van der Waals surface area contributed by atoms with Crippen LogP contribution in [-0.4, -0.2) is 50.3 Å². The summed E-state index contributed by atoms with van der Waals surface area (Å²) in [6.45, 7) is 9.73. The molecule has 18 heavy (non-hydrogen) atoms. The van der Waals surface area contributed by atoms with E-state index in [1.54, 1.807) is 0 Å². The first-order valence-corrected chi connectivity index (χ1v) is 7.41. The van der Waals surface area contributed by atoms with Crippen molar-refractivity contribution in [1.82, 2.24) is 10.2 Å². The fraction of sp³-hybridized carbons (Fsp3) is 0.929. The predicted molar refractivity (Wildman–Crippen MR) is 74.9 cm³/mol. The van der Waals surface area contributed by atoms with Crippen LogP contribution in [0.4, 0.5) is 0 Å². The SMILES string of the molecule is CCNC(=NCCOCC)N1CCC2(CCC2)C1. The molecule has 1 spiro atoms. The van der Waals surface area contributed by atoms with Gasteiger partial charge in [-0.1, -0.05) is 6.42 Å². The lowest BCUT2D eigenvalue weighted by Crippen LogP contribution is -2.42. The molecule has 4 nitrogen and oxygen atoms in total. The summed E-state index contributed by atoms with van der Waals surface area (Å²) in [4.78, 5) is 7.10. The maximum absolute atomic E-state index is 5.34. The Balaban J connectivity index is 1.85. The highest BCUT2D eigenvalue weighted by atomic mass is 16.5. The third-order valence-electron chi connectivity index (χ3n) is 4.19. The van der Waals surface area contributed by atoms with Crippen LogP contribution in [0.25, 0.3) is 0 Å². The highest BCUT2D eigenvalue weighted by Crippen LogP contribution is 2.47. The molecule has 1 heterocycles. The van der Waals surface area contributed by atoms with E-state index >= 15 is 0 Å². The molecular weight excluding hydrogens is 226 g/mol. The minimum Gasteiger partial charge on any atom is -0.380 e. The van der Waals surface area contributed by atoms with Gasteiger partial charge in [0.1, 0.15) is 0 Å². The standard InChI is InChI=1S/C14H27N3O/c1-3-15-13(16-9-11-18-4-2)17-10-8-14(12-17)6-5-7-14/h3-12H2,1-2H3,(H,15,16). The zero-order valence-electron chi connectivity index (χ0n) is 11.9. The summed E-state index contributed by atoms with van der Waals surface area (Å²) < 4.78 is 5.34. The molecule has 2 fully saturated rings. The molecule has 4 heteroatoms. The molecule has 1 N–H and O–H groups in total. The average molecular weight is 253 g/mol. The number of guanidine groups is 1. The van der Waals surface area contributed by atoms with Gasteiger partial charge in [0, 0.05) is 26.2 Å². The molecule has 0 aromatic heterocycles. The van der Waals surface area contributed by atoms with Crippen molar-refractivity contribution in [3.05, 3.63) is 0 Å². The molecule has 0 bridgehead atoms. The number of hydrogen-bond donors (Lipinski definition) is 1. The van der Waals surface area contributed by atoms with Crippen molar-refractivity contribution in [3.8, 4) is 0 Å². The average Bonchev–Trinajstić information content (AvgIpc) is 2.78. The van der Waals surface area contributed by atoms with E-state index in [-0.39, 0.29) is 0 Å². The molecule has 0 radical (unpaired) electrons. The third-order valence-corrected chi connectivity index (χ3v) is 4.19. The fourth-order valence-corrected chi connectivity index (χ4v) is 2.99. The van der Waals surface area contributed by atoms with Gasteiger partial charge in [-0.25, -0.2) is 0 Å². The number of nitrogens with zero attached hydrogens (tertiary/aromatic N) is 2. The summed E-state index contributed by atoms with van der Waals surface area (Å²) in [5.74, 6) is 1.08. The summed E-state index contributed by atoms with van der Waals surface area (Å²) in [6, 6.07) is 0. The molecule has 1 aliphatic carbocycles. The van der Waals surface area contributed by atoms with Crippen molar-refractivity contribution in [1.29, 1.82) is 0 Å². The van der Waals surface area contributed by atoms with Gasteiger partial charge in [0.15, 0.2) is 5.96 Å². The lowest BCUT2D eigenvalue weighted by Gasteiger charge is -2.38. The van der Waals surface area contributed by atoms with Crippen LogP contribution < -0.4 is 5.32 Å². The van der Waals surface area contributed by atoms with Crippen molar-refractivity contribution in [2.24, 2.45) is 10.4 Å².